The third-order valence-corrected chi connectivity index (χ3v) is 6.34. The molecule has 0 saturated heterocycles. The highest BCUT2D eigenvalue weighted by molar-refractivity contribution is 5.91. The molecule has 0 bridgehead atoms. The van der Waals surface area contributed by atoms with E-state index in [2.05, 4.69) is 78.9 Å². The molecule has 138 valence electrons. The average Bonchev–Trinajstić information content (AvgIpc) is 2.73. The van der Waals surface area contributed by atoms with E-state index in [4.69, 9.17) is 0 Å². The molecule has 0 saturated carbocycles. The number of carbonyl (C=O) groups is 1. The zero-order valence-electron chi connectivity index (χ0n) is 16.2. The molecule has 4 aromatic rings. The van der Waals surface area contributed by atoms with E-state index in [0.29, 0.717) is 18.1 Å². The second kappa shape index (κ2) is 6.91. The largest absolute Gasteiger partial charge is 0.300 e. The highest BCUT2D eigenvalue weighted by atomic mass is 16.1. The van der Waals surface area contributed by atoms with Crippen molar-refractivity contribution in [2.75, 3.05) is 0 Å². The van der Waals surface area contributed by atoms with Gasteiger partial charge in [0.05, 0.1) is 0 Å². The van der Waals surface area contributed by atoms with Gasteiger partial charge in [0.25, 0.3) is 0 Å². The van der Waals surface area contributed by atoms with Crippen molar-refractivity contribution in [3.05, 3.63) is 95.6 Å². The van der Waals surface area contributed by atoms with Gasteiger partial charge in [-0.25, -0.2) is 0 Å². The fourth-order valence-electron chi connectivity index (χ4n) is 5.19. The molecule has 0 N–H and O–H groups in total. The normalized spacial score (nSPS) is 18.9. The molecule has 0 fully saturated rings. The van der Waals surface area contributed by atoms with E-state index in [1.807, 2.05) is 0 Å². The third kappa shape index (κ3) is 2.82. The molecule has 2 atom stereocenters. The lowest BCUT2D eigenvalue weighted by Gasteiger charge is -2.35. The number of hydrogen-bond donors (Lipinski definition) is 0. The Hall–Kier alpha value is -2.93. The molecule has 0 spiro atoms. The van der Waals surface area contributed by atoms with Crippen LogP contribution >= 0.6 is 0 Å². The van der Waals surface area contributed by atoms with Gasteiger partial charge >= 0.3 is 0 Å². The molecule has 0 aliphatic heterocycles. The van der Waals surface area contributed by atoms with Crippen molar-refractivity contribution in [3.63, 3.8) is 0 Å². The van der Waals surface area contributed by atoms with E-state index in [-0.39, 0.29) is 5.92 Å². The van der Waals surface area contributed by atoms with Gasteiger partial charge in [-0.2, -0.15) is 0 Å². The number of benzene rings is 4. The maximum Gasteiger partial charge on any atom is 0.130 e. The third-order valence-electron chi connectivity index (χ3n) is 6.34. The van der Waals surface area contributed by atoms with Gasteiger partial charge in [0.15, 0.2) is 0 Å². The summed E-state index contributed by atoms with van der Waals surface area (Å²) in [5.74, 6) is 0.894. The van der Waals surface area contributed by atoms with Gasteiger partial charge in [-0.05, 0) is 63.9 Å². The monoisotopic (exact) mass is 364 g/mol. The summed E-state index contributed by atoms with van der Waals surface area (Å²) in [6.07, 6.45) is 2.77. The van der Waals surface area contributed by atoms with Crippen LogP contribution in [0.1, 0.15) is 42.4 Å². The van der Waals surface area contributed by atoms with E-state index < -0.39 is 0 Å². The molecule has 0 aromatic heterocycles. The van der Waals surface area contributed by atoms with Crippen molar-refractivity contribution in [2.24, 2.45) is 5.92 Å². The van der Waals surface area contributed by atoms with Gasteiger partial charge in [0.1, 0.15) is 5.78 Å². The molecule has 5 rings (SSSR count). The highest BCUT2D eigenvalue weighted by Gasteiger charge is 2.33. The summed E-state index contributed by atoms with van der Waals surface area (Å²) in [7, 11) is 0. The number of Topliss-reactive ketones (excluding diaryl/α,β-unsaturated/α-hetero) is 1. The first-order chi connectivity index (χ1) is 13.7. The van der Waals surface area contributed by atoms with Gasteiger partial charge in [-0.15, -0.1) is 0 Å². The number of ketones is 1. The summed E-state index contributed by atoms with van der Waals surface area (Å²) in [5.41, 5.74) is 4.24. The maximum atomic E-state index is 12.1. The Labute approximate surface area is 166 Å². The van der Waals surface area contributed by atoms with E-state index in [9.17, 15) is 4.79 Å². The maximum absolute atomic E-state index is 12.1. The van der Waals surface area contributed by atoms with Gasteiger partial charge in [0.2, 0.25) is 0 Å². The van der Waals surface area contributed by atoms with Crippen molar-refractivity contribution in [1.82, 2.24) is 0 Å². The Morgan fingerprint density at radius 3 is 2.29 bits per heavy atom. The molecular weight excluding hydrogens is 340 g/mol. The Morgan fingerprint density at radius 2 is 1.50 bits per heavy atom. The van der Waals surface area contributed by atoms with Crippen molar-refractivity contribution >= 4 is 27.3 Å². The molecule has 0 heterocycles. The average molecular weight is 364 g/mol. The molecule has 0 unspecified atom stereocenters. The summed E-state index contributed by atoms with van der Waals surface area (Å²) in [6, 6.07) is 28.5. The van der Waals surface area contributed by atoms with E-state index in [0.717, 1.165) is 12.8 Å². The minimum absolute atomic E-state index is 0.254. The first kappa shape index (κ1) is 17.2. The second-order valence-electron chi connectivity index (χ2n) is 8.11. The number of aryl methyl sites for hydroxylation is 1. The second-order valence-corrected chi connectivity index (χ2v) is 8.11. The number of fused-ring (bicyclic) bond motifs is 4. The minimum Gasteiger partial charge on any atom is -0.300 e. The van der Waals surface area contributed by atoms with Crippen LogP contribution in [0.5, 0.6) is 0 Å². The molecule has 28 heavy (non-hydrogen) atoms. The molecule has 4 aromatic carbocycles. The van der Waals surface area contributed by atoms with Crippen LogP contribution in [0.2, 0.25) is 0 Å². The lowest BCUT2D eigenvalue weighted by molar-refractivity contribution is -0.118. The van der Waals surface area contributed by atoms with Gasteiger partial charge in [-0.1, -0.05) is 78.9 Å². The molecule has 1 aliphatic rings. The minimum atomic E-state index is 0.254. The summed E-state index contributed by atoms with van der Waals surface area (Å²) < 4.78 is 0. The van der Waals surface area contributed by atoms with E-state index >= 15 is 0 Å². The molecule has 0 radical (unpaired) electrons. The molecule has 1 nitrogen and oxygen atoms in total. The first-order valence-electron chi connectivity index (χ1n) is 10.2. The summed E-state index contributed by atoms with van der Waals surface area (Å²) in [6.45, 7) is 1.73. The summed E-state index contributed by atoms with van der Waals surface area (Å²) in [4.78, 5) is 12.1. The molecule has 0 amide bonds. The predicted octanol–water partition coefficient (Wildman–Crippen LogP) is 6.67. The lowest BCUT2D eigenvalue weighted by atomic mass is 9.68. The van der Waals surface area contributed by atoms with Gasteiger partial charge in [-0.3, -0.25) is 0 Å². The Morgan fingerprint density at radius 1 is 0.821 bits per heavy atom. The fourth-order valence-corrected chi connectivity index (χ4v) is 5.19. The van der Waals surface area contributed by atoms with Crippen LogP contribution in [0.3, 0.4) is 0 Å². The van der Waals surface area contributed by atoms with Crippen LogP contribution in [0, 0.1) is 5.92 Å². The van der Waals surface area contributed by atoms with E-state index in [1.54, 1.807) is 6.92 Å². The van der Waals surface area contributed by atoms with Crippen LogP contribution in [0.4, 0.5) is 0 Å². The van der Waals surface area contributed by atoms with Gasteiger partial charge in [0, 0.05) is 12.3 Å². The Balaban J connectivity index is 1.82. The van der Waals surface area contributed by atoms with E-state index in [1.165, 1.54) is 38.2 Å². The molecule has 1 aliphatic carbocycles. The van der Waals surface area contributed by atoms with Gasteiger partial charge < -0.3 is 4.79 Å². The SMILES string of the molecule is CC(=O)C[C@H]1CCc2ccc3ccccc3c2[C@@H]1c1cccc2ccccc12. The number of rotatable bonds is 3. The van der Waals surface area contributed by atoms with Crippen molar-refractivity contribution in [3.8, 4) is 0 Å². The Bertz CT molecular complexity index is 1180. The standard InChI is InChI=1S/C27H24O/c1-18(28)17-22-16-15-21-14-13-20-8-3-5-11-24(20)26(21)27(22)25-12-6-9-19-7-2-4-10-23(19)25/h2-14,22,27H,15-17H2,1H3/t22-,27+/m1/s1. The molecule has 1 heteroatoms. The lowest BCUT2D eigenvalue weighted by Crippen LogP contribution is -2.24. The van der Waals surface area contributed by atoms with Crippen LogP contribution in [-0.4, -0.2) is 5.78 Å². The highest BCUT2D eigenvalue weighted by Crippen LogP contribution is 2.47. The summed E-state index contributed by atoms with van der Waals surface area (Å²) in [5, 5.41) is 5.21. The fraction of sp³-hybridized carbons (Fsp3) is 0.222. The predicted molar refractivity (Wildman–Crippen MR) is 117 cm³/mol. The van der Waals surface area contributed by atoms with Crippen LogP contribution in [0.15, 0.2) is 78.9 Å². The van der Waals surface area contributed by atoms with Crippen molar-refractivity contribution in [2.45, 2.75) is 32.1 Å². The van der Waals surface area contributed by atoms with Crippen LogP contribution in [-0.2, 0) is 11.2 Å². The number of hydrogen-bond acceptors (Lipinski definition) is 1. The zero-order valence-corrected chi connectivity index (χ0v) is 16.2. The Kier molecular flexibility index (Phi) is 4.24. The van der Waals surface area contributed by atoms with Crippen molar-refractivity contribution in [1.29, 1.82) is 0 Å². The zero-order chi connectivity index (χ0) is 19.1. The van der Waals surface area contributed by atoms with Crippen molar-refractivity contribution < 1.29 is 4.79 Å². The quantitative estimate of drug-likeness (QED) is 0.397. The molecular formula is C27H24O. The first-order valence-corrected chi connectivity index (χ1v) is 10.2. The number of carbonyl (C=O) groups excluding carboxylic acids is 1. The van der Waals surface area contributed by atoms with Crippen LogP contribution < -0.4 is 0 Å². The summed E-state index contributed by atoms with van der Waals surface area (Å²) >= 11 is 0. The smallest absolute Gasteiger partial charge is 0.130 e. The van der Waals surface area contributed by atoms with Crippen LogP contribution in [0.25, 0.3) is 21.5 Å². The topological polar surface area (TPSA) is 17.1 Å².